The molecule has 2 rings (SSSR count). The summed E-state index contributed by atoms with van der Waals surface area (Å²) in [6.07, 6.45) is 1.40. The van der Waals surface area contributed by atoms with Crippen LogP contribution in [0.15, 0.2) is 47.4 Å². The zero-order valence-electron chi connectivity index (χ0n) is 11.4. The first kappa shape index (κ1) is 14.5. The molecule has 1 aromatic heterocycles. The first-order chi connectivity index (χ1) is 10.1. The molecule has 6 nitrogen and oxygen atoms in total. The third kappa shape index (κ3) is 3.79. The van der Waals surface area contributed by atoms with Crippen molar-refractivity contribution in [1.82, 2.24) is 4.98 Å². The molecular formula is C15H14N2O4. The molecule has 0 aliphatic heterocycles. The van der Waals surface area contributed by atoms with Gasteiger partial charge in [-0.2, -0.15) is 0 Å². The summed E-state index contributed by atoms with van der Waals surface area (Å²) in [5.41, 5.74) is 0.676. The number of esters is 1. The molecule has 2 aromatic rings. The molecule has 1 amide bonds. The van der Waals surface area contributed by atoms with Crippen molar-refractivity contribution in [2.45, 2.75) is 6.92 Å². The van der Waals surface area contributed by atoms with Gasteiger partial charge in [0.05, 0.1) is 12.2 Å². The number of carbonyl (C=O) groups excluding carboxylic acids is 2. The lowest BCUT2D eigenvalue weighted by atomic mass is 10.2. The Morgan fingerprint density at radius 3 is 2.71 bits per heavy atom. The zero-order chi connectivity index (χ0) is 15.2. The standard InChI is InChI=1S/C15H14N2O4/c1-2-21-15(20)11-4-3-5-12(8-11)17-14(19)10-6-7-16-13(18)9-10/h3-9H,2H2,1H3,(H,16,18)(H,17,19). The van der Waals surface area contributed by atoms with E-state index >= 15 is 0 Å². The largest absolute Gasteiger partial charge is 0.462 e. The molecule has 0 radical (unpaired) electrons. The smallest absolute Gasteiger partial charge is 0.338 e. The summed E-state index contributed by atoms with van der Waals surface area (Å²) in [7, 11) is 0. The molecule has 0 saturated heterocycles. The molecule has 0 unspecified atom stereocenters. The average Bonchev–Trinajstić information content (AvgIpc) is 2.48. The van der Waals surface area contributed by atoms with E-state index < -0.39 is 11.9 Å². The maximum absolute atomic E-state index is 12.0. The maximum Gasteiger partial charge on any atom is 0.338 e. The first-order valence-electron chi connectivity index (χ1n) is 6.37. The lowest BCUT2D eigenvalue weighted by Crippen LogP contribution is -2.16. The predicted molar refractivity (Wildman–Crippen MR) is 77.4 cm³/mol. The molecule has 1 aromatic carbocycles. The van der Waals surface area contributed by atoms with Crippen LogP contribution in [0.25, 0.3) is 0 Å². The lowest BCUT2D eigenvalue weighted by Gasteiger charge is -2.07. The minimum Gasteiger partial charge on any atom is -0.462 e. The zero-order valence-corrected chi connectivity index (χ0v) is 11.4. The number of ether oxygens (including phenoxy) is 1. The normalized spacial score (nSPS) is 9.95. The fourth-order valence-electron chi connectivity index (χ4n) is 1.73. The van der Waals surface area contributed by atoms with Gasteiger partial charge >= 0.3 is 5.97 Å². The van der Waals surface area contributed by atoms with Crippen molar-refractivity contribution < 1.29 is 14.3 Å². The third-order valence-corrected chi connectivity index (χ3v) is 2.67. The van der Waals surface area contributed by atoms with E-state index in [1.807, 2.05) is 0 Å². The van der Waals surface area contributed by atoms with Gasteiger partial charge in [0.25, 0.3) is 5.91 Å². The van der Waals surface area contributed by atoms with Crippen LogP contribution in [0, 0.1) is 0 Å². The molecule has 0 fully saturated rings. The highest BCUT2D eigenvalue weighted by molar-refractivity contribution is 6.04. The molecule has 6 heteroatoms. The summed E-state index contributed by atoms with van der Waals surface area (Å²) in [5.74, 6) is -0.883. The van der Waals surface area contributed by atoms with E-state index in [0.29, 0.717) is 11.3 Å². The molecule has 0 aliphatic rings. The summed E-state index contributed by atoms with van der Waals surface area (Å²) in [6.45, 7) is 2.00. The Bertz CT molecular complexity index is 721. The van der Waals surface area contributed by atoms with Gasteiger partial charge in [0.2, 0.25) is 5.56 Å². The van der Waals surface area contributed by atoms with Crippen LogP contribution in [-0.4, -0.2) is 23.5 Å². The molecule has 2 N–H and O–H groups in total. The van der Waals surface area contributed by atoms with E-state index in [2.05, 4.69) is 10.3 Å². The van der Waals surface area contributed by atoms with Crippen molar-refractivity contribution in [3.05, 3.63) is 64.1 Å². The van der Waals surface area contributed by atoms with Crippen molar-refractivity contribution in [1.29, 1.82) is 0 Å². The van der Waals surface area contributed by atoms with Crippen LogP contribution in [0.4, 0.5) is 5.69 Å². The summed E-state index contributed by atoms with van der Waals surface area (Å²) >= 11 is 0. The van der Waals surface area contributed by atoms with Gasteiger partial charge in [-0.1, -0.05) is 6.07 Å². The number of aromatic nitrogens is 1. The van der Waals surface area contributed by atoms with Crippen molar-refractivity contribution in [2.24, 2.45) is 0 Å². The number of H-pyrrole nitrogens is 1. The molecule has 0 atom stereocenters. The molecular weight excluding hydrogens is 272 g/mol. The van der Waals surface area contributed by atoms with Crippen molar-refractivity contribution in [2.75, 3.05) is 11.9 Å². The summed E-state index contributed by atoms with van der Waals surface area (Å²) in [5, 5.41) is 2.62. The predicted octanol–water partition coefficient (Wildman–Crippen LogP) is 1.80. The number of hydrogen-bond donors (Lipinski definition) is 2. The number of anilines is 1. The minimum absolute atomic E-state index is 0.236. The van der Waals surface area contributed by atoms with Gasteiger partial charge in [-0.3, -0.25) is 9.59 Å². The van der Waals surface area contributed by atoms with E-state index in [-0.39, 0.29) is 17.7 Å². The maximum atomic E-state index is 12.0. The Balaban J connectivity index is 2.16. The van der Waals surface area contributed by atoms with E-state index in [0.717, 1.165) is 0 Å². The number of pyridine rings is 1. The van der Waals surface area contributed by atoms with E-state index in [9.17, 15) is 14.4 Å². The Kier molecular flexibility index (Phi) is 4.50. The number of rotatable bonds is 4. The van der Waals surface area contributed by atoms with Crippen LogP contribution in [0.2, 0.25) is 0 Å². The second kappa shape index (κ2) is 6.51. The van der Waals surface area contributed by atoms with Crippen LogP contribution < -0.4 is 10.9 Å². The van der Waals surface area contributed by atoms with Crippen LogP contribution >= 0.6 is 0 Å². The third-order valence-electron chi connectivity index (χ3n) is 2.67. The van der Waals surface area contributed by atoms with Gasteiger partial charge < -0.3 is 15.0 Å². The van der Waals surface area contributed by atoms with Crippen LogP contribution in [0.5, 0.6) is 0 Å². The van der Waals surface area contributed by atoms with Gasteiger partial charge in [-0.25, -0.2) is 4.79 Å². The average molecular weight is 286 g/mol. The van der Waals surface area contributed by atoms with Crippen molar-refractivity contribution >= 4 is 17.6 Å². The highest BCUT2D eigenvalue weighted by Crippen LogP contribution is 2.13. The van der Waals surface area contributed by atoms with Crippen molar-refractivity contribution in [3.8, 4) is 0 Å². The number of nitrogens with one attached hydrogen (secondary N) is 2. The van der Waals surface area contributed by atoms with Gasteiger partial charge in [0.1, 0.15) is 0 Å². The Hall–Kier alpha value is -2.89. The number of amides is 1. The SMILES string of the molecule is CCOC(=O)c1cccc(NC(=O)c2cc[nH]c(=O)c2)c1. The Morgan fingerprint density at radius 1 is 1.19 bits per heavy atom. The fraction of sp³-hybridized carbons (Fsp3) is 0.133. The second-order valence-corrected chi connectivity index (χ2v) is 4.20. The molecule has 0 saturated carbocycles. The topological polar surface area (TPSA) is 88.3 Å². The number of benzene rings is 1. The highest BCUT2D eigenvalue weighted by Gasteiger charge is 2.10. The van der Waals surface area contributed by atoms with E-state index in [1.54, 1.807) is 25.1 Å². The number of hydrogen-bond acceptors (Lipinski definition) is 4. The summed E-state index contributed by atoms with van der Waals surface area (Å²) in [6, 6.07) is 9.09. The van der Waals surface area contributed by atoms with E-state index in [4.69, 9.17) is 4.74 Å². The van der Waals surface area contributed by atoms with Crippen LogP contribution in [0.1, 0.15) is 27.6 Å². The first-order valence-corrected chi connectivity index (χ1v) is 6.37. The second-order valence-electron chi connectivity index (χ2n) is 4.20. The number of carbonyl (C=O) groups is 2. The minimum atomic E-state index is -0.454. The van der Waals surface area contributed by atoms with Crippen molar-refractivity contribution in [3.63, 3.8) is 0 Å². The summed E-state index contributed by atoms with van der Waals surface area (Å²) in [4.78, 5) is 37.2. The fourth-order valence-corrected chi connectivity index (χ4v) is 1.73. The van der Waals surface area contributed by atoms with Gasteiger partial charge in [-0.05, 0) is 31.2 Å². The monoisotopic (exact) mass is 286 g/mol. The van der Waals surface area contributed by atoms with Crippen LogP contribution in [-0.2, 0) is 4.74 Å². The molecule has 108 valence electrons. The van der Waals surface area contributed by atoms with Gasteiger partial charge in [0.15, 0.2) is 0 Å². The highest BCUT2D eigenvalue weighted by atomic mass is 16.5. The van der Waals surface area contributed by atoms with E-state index in [1.165, 1.54) is 24.4 Å². The van der Waals surface area contributed by atoms with Gasteiger partial charge in [-0.15, -0.1) is 0 Å². The molecule has 21 heavy (non-hydrogen) atoms. The van der Waals surface area contributed by atoms with Gasteiger partial charge in [0, 0.05) is 23.5 Å². The Labute approximate surface area is 120 Å². The molecule has 0 bridgehead atoms. The lowest BCUT2D eigenvalue weighted by molar-refractivity contribution is 0.0526. The summed E-state index contributed by atoms with van der Waals surface area (Å²) < 4.78 is 4.89. The van der Waals surface area contributed by atoms with Crippen LogP contribution in [0.3, 0.4) is 0 Å². The number of aromatic amines is 1. The molecule has 0 aliphatic carbocycles. The Morgan fingerprint density at radius 2 is 2.00 bits per heavy atom. The quantitative estimate of drug-likeness (QED) is 0.839. The molecule has 1 heterocycles. The molecule has 0 spiro atoms.